The second-order valence-electron chi connectivity index (χ2n) is 6.76. The van der Waals surface area contributed by atoms with E-state index in [1.54, 1.807) is 24.3 Å². The molecule has 0 aliphatic carbocycles. The summed E-state index contributed by atoms with van der Waals surface area (Å²) >= 11 is 0. The average molecular weight is 449 g/mol. The van der Waals surface area contributed by atoms with E-state index in [0.717, 1.165) is 18.9 Å². The molecule has 1 aliphatic heterocycles. The summed E-state index contributed by atoms with van der Waals surface area (Å²) in [5, 5.41) is 14.1. The fourth-order valence-corrected chi connectivity index (χ4v) is 4.72. The maximum absolute atomic E-state index is 12.7. The van der Waals surface area contributed by atoms with Gasteiger partial charge in [0.2, 0.25) is 10.0 Å². The number of carbonyl (C=O) groups excluding carboxylic acids is 1. The van der Waals surface area contributed by atoms with Gasteiger partial charge < -0.3 is 14.8 Å². The molecule has 0 unspecified atom stereocenters. The van der Waals surface area contributed by atoms with Crippen molar-refractivity contribution >= 4 is 27.3 Å². The number of ether oxygens (including phenoxy) is 2. The number of rotatable bonds is 9. The predicted molar refractivity (Wildman–Crippen MR) is 113 cm³/mol. The zero-order valence-corrected chi connectivity index (χ0v) is 17.8. The first-order valence-electron chi connectivity index (χ1n) is 9.76. The monoisotopic (exact) mass is 449 g/mol. The molecule has 11 heteroatoms. The molecule has 0 aromatic heterocycles. The zero-order chi connectivity index (χ0) is 22.4. The summed E-state index contributed by atoms with van der Waals surface area (Å²) in [6, 6.07) is 10.3. The molecule has 0 radical (unpaired) electrons. The molecule has 0 saturated carbocycles. The molecule has 0 bridgehead atoms. The van der Waals surface area contributed by atoms with E-state index in [2.05, 4.69) is 5.32 Å². The van der Waals surface area contributed by atoms with E-state index in [0.29, 0.717) is 31.1 Å². The lowest BCUT2D eigenvalue weighted by Crippen LogP contribution is -2.28. The topological polar surface area (TPSA) is 128 Å². The van der Waals surface area contributed by atoms with Crippen LogP contribution in [0.15, 0.2) is 47.4 Å². The van der Waals surface area contributed by atoms with Crippen LogP contribution in [-0.4, -0.2) is 49.9 Å². The summed E-state index contributed by atoms with van der Waals surface area (Å²) in [5.74, 6) is -0.255. The van der Waals surface area contributed by atoms with Gasteiger partial charge in [0.15, 0.2) is 12.4 Å². The first-order chi connectivity index (χ1) is 14.8. The van der Waals surface area contributed by atoms with Crippen LogP contribution in [0.5, 0.6) is 11.5 Å². The molecule has 0 atom stereocenters. The Morgan fingerprint density at radius 3 is 2.52 bits per heavy atom. The van der Waals surface area contributed by atoms with Crippen molar-refractivity contribution in [1.29, 1.82) is 0 Å². The number of benzene rings is 2. The standard InChI is InChI=1S/C20H23N3O7S/c1-2-29-18-8-4-3-7-16(18)21-20(24)14-30-19-10-9-15(13-17(19)23(25)26)31(27,28)22-11-5-6-12-22/h3-4,7-10,13H,2,5-6,11-12,14H2,1H3,(H,21,24). The molecule has 0 spiro atoms. The second kappa shape index (κ2) is 9.75. The molecule has 166 valence electrons. The van der Waals surface area contributed by atoms with E-state index in [4.69, 9.17) is 9.47 Å². The lowest BCUT2D eigenvalue weighted by Gasteiger charge is -2.16. The highest BCUT2D eigenvalue weighted by atomic mass is 32.2. The van der Waals surface area contributed by atoms with Crippen molar-refractivity contribution in [2.45, 2.75) is 24.7 Å². The largest absolute Gasteiger partial charge is 0.492 e. The van der Waals surface area contributed by atoms with E-state index in [1.807, 2.05) is 6.92 Å². The molecule has 1 fully saturated rings. The minimum absolute atomic E-state index is 0.177. The van der Waals surface area contributed by atoms with Crippen molar-refractivity contribution in [3.8, 4) is 11.5 Å². The van der Waals surface area contributed by atoms with E-state index in [9.17, 15) is 23.3 Å². The van der Waals surface area contributed by atoms with Crippen molar-refractivity contribution < 1.29 is 27.6 Å². The fraction of sp³-hybridized carbons (Fsp3) is 0.350. The Bertz CT molecular complexity index is 1070. The lowest BCUT2D eigenvalue weighted by atomic mass is 10.3. The quantitative estimate of drug-likeness (QED) is 0.460. The van der Waals surface area contributed by atoms with Crippen LogP contribution in [0, 0.1) is 10.1 Å². The van der Waals surface area contributed by atoms with Gasteiger partial charge in [-0.05, 0) is 44.0 Å². The van der Waals surface area contributed by atoms with Gasteiger partial charge in [0.1, 0.15) is 5.75 Å². The minimum atomic E-state index is -3.81. The number of nitro groups is 1. The highest BCUT2D eigenvalue weighted by Gasteiger charge is 2.30. The van der Waals surface area contributed by atoms with Gasteiger partial charge in [0.25, 0.3) is 5.91 Å². The maximum Gasteiger partial charge on any atom is 0.312 e. The van der Waals surface area contributed by atoms with Gasteiger partial charge in [-0.3, -0.25) is 14.9 Å². The highest BCUT2D eigenvalue weighted by Crippen LogP contribution is 2.32. The molecule has 1 N–H and O–H groups in total. The van der Waals surface area contributed by atoms with Crippen LogP contribution in [0.4, 0.5) is 11.4 Å². The van der Waals surface area contributed by atoms with E-state index in [-0.39, 0.29) is 10.6 Å². The number of amides is 1. The number of anilines is 1. The third-order valence-electron chi connectivity index (χ3n) is 4.65. The number of hydrogen-bond donors (Lipinski definition) is 1. The van der Waals surface area contributed by atoms with Crippen molar-refractivity contribution in [2.75, 3.05) is 31.6 Å². The number of nitrogens with one attached hydrogen (secondary N) is 1. The summed E-state index contributed by atoms with van der Waals surface area (Å²) in [6.07, 6.45) is 1.51. The van der Waals surface area contributed by atoms with Crippen LogP contribution in [0.2, 0.25) is 0 Å². The van der Waals surface area contributed by atoms with Crippen LogP contribution in [0.25, 0.3) is 0 Å². The van der Waals surface area contributed by atoms with E-state index < -0.39 is 33.1 Å². The van der Waals surface area contributed by atoms with Crippen molar-refractivity contribution in [2.24, 2.45) is 0 Å². The Morgan fingerprint density at radius 1 is 1.13 bits per heavy atom. The Labute approximate surface area is 180 Å². The highest BCUT2D eigenvalue weighted by molar-refractivity contribution is 7.89. The summed E-state index contributed by atoms with van der Waals surface area (Å²) in [5.41, 5.74) is -0.0812. The van der Waals surface area contributed by atoms with Gasteiger partial charge in [-0.2, -0.15) is 4.31 Å². The number of nitrogens with zero attached hydrogens (tertiary/aromatic N) is 2. The Hall–Kier alpha value is -3.18. The summed E-state index contributed by atoms with van der Waals surface area (Å²) in [7, 11) is -3.81. The summed E-state index contributed by atoms with van der Waals surface area (Å²) in [4.78, 5) is 22.8. The number of hydrogen-bond acceptors (Lipinski definition) is 7. The number of carbonyl (C=O) groups is 1. The first-order valence-corrected chi connectivity index (χ1v) is 11.2. The summed E-state index contributed by atoms with van der Waals surface area (Å²) < 4.78 is 37.4. The zero-order valence-electron chi connectivity index (χ0n) is 16.9. The number of nitro benzene ring substituents is 1. The molecule has 2 aromatic rings. The molecular weight excluding hydrogens is 426 g/mol. The summed E-state index contributed by atoms with van der Waals surface area (Å²) in [6.45, 7) is 2.51. The van der Waals surface area contributed by atoms with Gasteiger partial charge >= 0.3 is 5.69 Å². The number of para-hydroxylation sites is 2. The smallest absolute Gasteiger partial charge is 0.312 e. The molecule has 1 amide bonds. The third-order valence-corrected chi connectivity index (χ3v) is 6.54. The molecule has 1 aliphatic rings. The van der Waals surface area contributed by atoms with Crippen LogP contribution in [0.1, 0.15) is 19.8 Å². The molecule has 10 nitrogen and oxygen atoms in total. The average Bonchev–Trinajstić information content (AvgIpc) is 3.29. The molecule has 1 saturated heterocycles. The van der Waals surface area contributed by atoms with Gasteiger partial charge in [0.05, 0.1) is 22.1 Å². The van der Waals surface area contributed by atoms with Gasteiger partial charge in [-0.15, -0.1) is 0 Å². The van der Waals surface area contributed by atoms with Crippen LogP contribution in [-0.2, 0) is 14.8 Å². The van der Waals surface area contributed by atoms with Gasteiger partial charge in [-0.1, -0.05) is 12.1 Å². The van der Waals surface area contributed by atoms with Crippen LogP contribution in [0.3, 0.4) is 0 Å². The van der Waals surface area contributed by atoms with E-state index >= 15 is 0 Å². The van der Waals surface area contributed by atoms with Crippen molar-refractivity contribution in [1.82, 2.24) is 4.31 Å². The molecular formula is C20H23N3O7S. The predicted octanol–water partition coefficient (Wildman–Crippen LogP) is 2.80. The van der Waals surface area contributed by atoms with Crippen molar-refractivity contribution in [3.63, 3.8) is 0 Å². The first kappa shape index (κ1) is 22.5. The number of sulfonamides is 1. The normalized spacial score (nSPS) is 14.2. The lowest BCUT2D eigenvalue weighted by molar-refractivity contribution is -0.386. The molecule has 1 heterocycles. The fourth-order valence-electron chi connectivity index (χ4n) is 3.18. The molecule has 3 rings (SSSR count). The Kier molecular flexibility index (Phi) is 7.08. The maximum atomic E-state index is 12.7. The van der Waals surface area contributed by atoms with Crippen LogP contribution >= 0.6 is 0 Å². The van der Waals surface area contributed by atoms with Gasteiger partial charge in [-0.25, -0.2) is 8.42 Å². The molecule has 2 aromatic carbocycles. The Balaban J connectivity index is 1.73. The Morgan fingerprint density at radius 2 is 1.84 bits per heavy atom. The van der Waals surface area contributed by atoms with Crippen molar-refractivity contribution in [3.05, 3.63) is 52.6 Å². The molecule has 31 heavy (non-hydrogen) atoms. The van der Waals surface area contributed by atoms with Gasteiger partial charge in [0, 0.05) is 19.2 Å². The van der Waals surface area contributed by atoms with E-state index in [1.165, 1.54) is 16.4 Å². The third kappa shape index (κ3) is 5.30. The SMILES string of the molecule is CCOc1ccccc1NC(=O)COc1ccc(S(=O)(=O)N2CCCC2)cc1[N+](=O)[O-]. The second-order valence-corrected chi connectivity index (χ2v) is 8.70. The minimum Gasteiger partial charge on any atom is -0.492 e. The van der Waals surface area contributed by atoms with Crippen LogP contribution < -0.4 is 14.8 Å².